The summed E-state index contributed by atoms with van der Waals surface area (Å²) in [5.41, 5.74) is 3.82. The summed E-state index contributed by atoms with van der Waals surface area (Å²) >= 11 is 1.27. The van der Waals surface area contributed by atoms with E-state index in [0.29, 0.717) is 34.0 Å². The lowest BCUT2D eigenvalue weighted by atomic mass is 10.1. The van der Waals surface area contributed by atoms with Crippen molar-refractivity contribution < 1.29 is 23.7 Å². The van der Waals surface area contributed by atoms with Gasteiger partial charge in [-0.3, -0.25) is 24.5 Å². The van der Waals surface area contributed by atoms with Crippen molar-refractivity contribution in [2.45, 2.75) is 18.7 Å². The zero-order chi connectivity index (χ0) is 33.3. The van der Waals surface area contributed by atoms with Crippen molar-refractivity contribution in [2.24, 2.45) is 0 Å². The lowest BCUT2D eigenvalue weighted by Crippen LogP contribution is -2.30. The number of carbonyl (C=O) groups is 3. The number of nitrogens with zero attached hydrogens (tertiary/aromatic N) is 1. The molecule has 5 rings (SSSR count). The molecule has 0 fully saturated rings. The fraction of sp³-hybridized carbons (Fsp3) is 0.0833. The summed E-state index contributed by atoms with van der Waals surface area (Å²) in [6, 6.07) is 31.1. The summed E-state index contributed by atoms with van der Waals surface area (Å²) in [7, 11) is 0. The van der Waals surface area contributed by atoms with E-state index in [4.69, 9.17) is 4.42 Å². The fourth-order valence-corrected chi connectivity index (χ4v) is 5.11. The second-order valence-corrected chi connectivity index (χ2v) is 11.6. The number of thioether (sulfide) groups is 1. The first-order valence-electron chi connectivity index (χ1n) is 14.5. The van der Waals surface area contributed by atoms with Gasteiger partial charge in [0.15, 0.2) is 0 Å². The number of nitro groups is 1. The second-order valence-electron chi connectivity index (χ2n) is 10.5. The molecule has 3 N–H and O–H groups in total. The molecule has 0 spiro atoms. The van der Waals surface area contributed by atoms with Gasteiger partial charge in [0.1, 0.15) is 17.2 Å². The second kappa shape index (κ2) is 14.9. The molecule has 0 saturated heterocycles. The highest BCUT2D eigenvalue weighted by Crippen LogP contribution is 2.26. The third kappa shape index (κ3) is 8.83. The van der Waals surface area contributed by atoms with Crippen molar-refractivity contribution >= 4 is 52.6 Å². The van der Waals surface area contributed by atoms with Crippen LogP contribution in [0.2, 0.25) is 0 Å². The van der Waals surface area contributed by atoms with E-state index >= 15 is 0 Å². The lowest BCUT2D eigenvalue weighted by Gasteiger charge is -2.11. The standard InChI is InChI=1S/C36H30N4O6S/c1-23-8-11-25(12-9-23)33-19-16-29(46-33)21-32(39-35(42)26-6-4-3-5-7-26)36(43)37-27-13-17-30(18-14-27)47-22-34(41)38-31-20-28(40(44)45)15-10-24(31)2/h3-21H,22H2,1-2H3,(H,37,43)(H,38,41)(H,39,42)/b32-21-. The van der Waals surface area contributed by atoms with Crippen LogP contribution < -0.4 is 16.0 Å². The predicted molar refractivity (Wildman–Crippen MR) is 183 cm³/mol. The molecule has 47 heavy (non-hydrogen) atoms. The molecule has 11 heteroatoms. The Balaban J connectivity index is 1.26. The van der Waals surface area contributed by atoms with Crippen LogP contribution in [-0.4, -0.2) is 28.4 Å². The van der Waals surface area contributed by atoms with Crippen LogP contribution in [0.4, 0.5) is 17.1 Å². The molecule has 0 atom stereocenters. The summed E-state index contributed by atoms with van der Waals surface area (Å²) < 4.78 is 5.98. The highest BCUT2D eigenvalue weighted by atomic mass is 32.2. The summed E-state index contributed by atoms with van der Waals surface area (Å²) in [5, 5.41) is 19.3. The Morgan fingerprint density at radius 3 is 2.28 bits per heavy atom. The molecule has 4 aromatic carbocycles. The summed E-state index contributed by atoms with van der Waals surface area (Å²) in [6.07, 6.45) is 1.47. The molecule has 3 amide bonds. The number of hydrogen-bond acceptors (Lipinski definition) is 7. The number of furan rings is 1. The Hall–Kier alpha value is -5.94. The van der Waals surface area contributed by atoms with Gasteiger partial charge in [-0.15, -0.1) is 11.8 Å². The van der Waals surface area contributed by atoms with Crippen molar-refractivity contribution in [3.05, 3.63) is 147 Å². The van der Waals surface area contributed by atoms with Crippen LogP contribution in [-0.2, 0) is 9.59 Å². The number of aryl methyl sites for hydroxylation is 2. The van der Waals surface area contributed by atoms with Gasteiger partial charge in [0.25, 0.3) is 17.5 Å². The highest BCUT2D eigenvalue weighted by Gasteiger charge is 2.17. The molecule has 0 saturated carbocycles. The molecular formula is C36H30N4O6S. The Kier molecular flexibility index (Phi) is 10.3. The Morgan fingerprint density at radius 2 is 1.57 bits per heavy atom. The zero-order valence-electron chi connectivity index (χ0n) is 25.5. The van der Waals surface area contributed by atoms with Crippen molar-refractivity contribution in [1.29, 1.82) is 0 Å². The van der Waals surface area contributed by atoms with Gasteiger partial charge in [0.05, 0.1) is 16.4 Å². The molecule has 0 radical (unpaired) electrons. The van der Waals surface area contributed by atoms with Crippen LogP contribution in [0, 0.1) is 24.0 Å². The average molecular weight is 647 g/mol. The third-order valence-corrected chi connectivity index (χ3v) is 7.98. The number of amides is 3. The van der Waals surface area contributed by atoms with Gasteiger partial charge >= 0.3 is 0 Å². The minimum Gasteiger partial charge on any atom is -0.457 e. The first-order chi connectivity index (χ1) is 22.6. The molecule has 236 valence electrons. The van der Waals surface area contributed by atoms with E-state index in [-0.39, 0.29) is 23.0 Å². The number of nitrogens with one attached hydrogen (secondary N) is 3. The first kappa shape index (κ1) is 32.5. The Labute approximate surface area is 275 Å². The number of anilines is 2. The van der Waals surface area contributed by atoms with Crippen LogP contribution in [0.3, 0.4) is 0 Å². The lowest BCUT2D eigenvalue weighted by molar-refractivity contribution is -0.384. The van der Waals surface area contributed by atoms with E-state index in [2.05, 4.69) is 16.0 Å². The monoisotopic (exact) mass is 646 g/mol. The van der Waals surface area contributed by atoms with Crippen molar-refractivity contribution in [3.63, 3.8) is 0 Å². The van der Waals surface area contributed by atoms with E-state index < -0.39 is 16.7 Å². The first-order valence-corrected chi connectivity index (χ1v) is 15.5. The molecule has 0 unspecified atom stereocenters. The van der Waals surface area contributed by atoms with E-state index in [0.717, 1.165) is 16.0 Å². The molecule has 0 aliphatic rings. The van der Waals surface area contributed by atoms with Crippen molar-refractivity contribution in [2.75, 3.05) is 16.4 Å². The maximum Gasteiger partial charge on any atom is 0.272 e. The third-order valence-electron chi connectivity index (χ3n) is 6.97. The van der Waals surface area contributed by atoms with Crippen molar-refractivity contribution in [1.82, 2.24) is 5.32 Å². The van der Waals surface area contributed by atoms with E-state index in [1.807, 2.05) is 31.2 Å². The molecule has 5 aromatic rings. The van der Waals surface area contributed by atoms with Crippen LogP contribution >= 0.6 is 11.8 Å². The molecule has 0 aliphatic carbocycles. The minimum atomic E-state index is -0.560. The Morgan fingerprint density at radius 1 is 0.851 bits per heavy atom. The molecule has 10 nitrogen and oxygen atoms in total. The zero-order valence-corrected chi connectivity index (χ0v) is 26.3. The van der Waals surface area contributed by atoms with Gasteiger partial charge in [-0.25, -0.2) is 0 Å². The van der Waals surface area contributed by atoms with E-state index in [1.165, 1.54) is 30.0 Å². The predicted octanol–water partition coefficient (Wildman–Crippen LogP) is 7.61. The van der Waals surface area contributed by atoms with Gasteiger partial charge in [0.2, 0.25) is 5.91 Å². The molecule has 1 aromatic heterocycles. The maximum atomic E-state index is 13.4. The number of carbonyl (C=O) groups excluding carboxylic acids is 3. The topological polar surface area (TPSA) is 144 Å². The molecule has 1 heterocycles. The average Bonchev–Trinajstić information content (AvgIpc) is 3.54. The number of hydrogen-bond donors (Lipinski definition) is 3. The van der Waals surface area contributed by atoms with Gasteiger partial charge < -0.3 is 20.4 Å². The van der Waals surface area contributed by atoms with Gasteiger partial charge in [-0.05, 0) is 67.9 Å². The molecule has 0 aliphatic heterocycles. The quantitative estimate of drug-likeness (QED) is 0.0580. The van der Waals surface area contributed by atoms with Crippen LogP contribution in [0.25, 0.3) is 17.4 Å². The summed E-state index contributed by atoms with van der Waals surface area (Å²) in [6.45, 7) is 3.75. The number of benzene rings is 4. The van der Waals surface area contributed by atoms with Crippen LogP contribution in [0.5, 0.6) is 0 Å². The normalized spacial score (nSPS) is 11.1. The maximum absolute atomic E-state index is 13.4. The van der Waals surface area contributed by atoms with Gasteiger partial charge in [0, 0.05) is 39.9 Å². The molecule has 0 bridgehead atoms. The summed E-state index contributed by atoms with van der Waals surface area (Å²) in [5.74, 6) is -0.266. The smallest absolute Gasteiger partial charge is 0.272 e. The van der Waals surface area contributed by atoms with Crippen LogP contribution in [0.15, 0.2) is 124 Å². The number of nitro benzene ring substituents is 1. The van der Waals surface area contributed by atoms with E-state index in [1.54, 1.807) is 79.7 Å². The van der Waals surface area contributed by atoms with Crippen LogP contribution in [0.1, 0.15) is 27.2 Å². The molecular weight excluding hydrogens is 616 g/mol. The van der Waals surface area contributed by atoms with Gasteiger partial charge in [-0.2, -0.15) is 0 Å². The summed E-state index contributed by atoms with van der Waals surface area (Å²) in [4.78, 5) is 50.3. The Bertz CT molecular complexity index is 1950. The van der Waals surface area contributed by atoms with Gasteiger partial charge in [-0.1, -0.05) is 54.1 Å². The SMILES string of the molecule is Cc1ccc(-c2ccc(/C=C(\NC(=O)c3ccccc3)C(=O)Nc3ccc(SCC(=O)Nc4cc([N+](=O)[O-])ccc4C)cc3)o2)cc1. The number of non-ortho nitro benzene ring substituents is 1. The number of rotatable bonds is 11. The fourth-order valence-electron chi connectivity index (χ4n) is 4.41. The minimum absolute atomic E-state index is 0.0183. The highest BCUT2D eigenvalue weighted by molar-refractivity contribution is 8.00. The van der Waals surface area contributed by atoms with Crippen molar-refractivity contribution in [3.8, 4) is 11.3 Å². The largest absolute Gasteiger partial charge is 0.457 e. The van der Waals surface area contributed by atoms with E-state index in [9.17, 15) is 24.5 Å².